The predicted molar refractivity (Wildman–Crippen MR) is 158 cm³/mol. The Hall–Kier alpha value is -1.75. The number of carbonyl (C=O) groups excluding carboxylic acids is 1. The van der Waals surface area contributed by atoms with Gasteiger partial charge >= 0.3 is 29.6 Å². The molecule has 1 aromatic heterocycles. The topological polar surface area (TPSA) is 93.6 Å². The molecule has 2 aromatic carbocycles. The molecule has 0 aliphatic carbocycles. The van der Waals surface area contributed by atoms with Crippen LogP contribution in [0.3, 0.4) is 0 Å². The third kappa shape index (κ3) is 10.3. The monoisotopic (exact) mass is 593 g/mol. The number of nitrogens with zero attached hydrogens (tertiary/aromatic N) is 3. The summed E-state index contributed by atoms with van der Waals surface area (Å²) in [5.41, 5.74) is 5.60. The van der Waals surface area contributed by atoms with Crippen molar-refractivity contribution < 1.29 is 47.9 Å². The first-order chi connectivity index (χ1) is 18.6. The van der Waals surface area contributed by atoms with Crippen molar-refractivity contribution in [2.75, 3.05) is 24.7 Å². The molecule has 0 amide bonds. The van der Waals surface area contributed by atoms with Crippen LogP contribution in [0.1, 0.15) is 74.4 Å². The third-order valence-electron chi connectivity index (χ3n) is 6.92. The van der Waals surface area contributed by atoms with Gasteiger partial charge in [-0.3, -0.25) is 0 Å². The van der Waals surface area contributed by atoms with E-state index >= 15 is 0 Å². The van der Waals surface area contributed by atoms with E-state index in [1.807, 2.05) is 17.5 Å². The van der Waals surface area contributed by atoms with E-state index in [1.54, 1.807) is 0 Å². The minimum atomic E-state index is -3.56. The van der Waals surface area contributed by atoms with Gasteiger partial charge in [-0.05, 0) is 54.9 Å². The molecule has 0 bridgehead atoms. The average Bonchev–Trinajstić information content (AvgIpc) is 3.37. The first-order valence-electron chi connectivity index (χ1n) is 13.6. The summed E-state index contributed by atoms with van der Waals surface area (Å²) in [5, 5.41) is 13.2. The molecule has 0 unspecified atom stereocenters. The molecule has 7 nitrogen and oxygen atoms in total. The zero-order chi connectivity index (χ0) is 28.4. The van der Waals surface area contributed by atoms with E-state index in [0.717, 1.165) is 17.8 Å². The van der Waals surface area contributed by atoms with Gasteiger partial charge in [0.15, 0.2) is 0 Å². The molecule has 3 aromatic rings. The summed E-state index contributed by atoms with van der Waals surface area (Å²) in [6.45, 7) is 5.44. The summed E-state index contributed by atoms with van der Waals surface area (Å²) in [6, 6.07) is 17.3. The Balaban J connectivity index is 0.00000560. The Morgan fingerprint density at radius 3 is 2.17 bits per heavy atom. The number of hydrogen-bond donors (Lipinski definition) is 0. The Bertz CT molecular complexity index is 1290. The van der Waals surface area contributed by atoms with Crippen molar-refractivity contribution in [2.45, 2.75) is 71.4 Å². The van der Waals surface area contributed by atoms with Gasteiger partial charge in [0.25, 0.3) is 0 Å². The van der Waals surface area contributed by atoms with E-state index in [9.17, 15) is 18.3 Å². The first-order valence-corrected chi connectivity index (χ1v) is 16.1. The largest absolute Gasteiger partial charge is 1.00 e. The van der Waals surface area contributed by atoms with Crippen molar-refractivity contribution in [1.82, 2.24) is 9.29 Å². The standard InChI is InChI=1S/C30H41N3O4S2.Na/c1-5-8-24(9-6-2)25-15-17-27(18-16-25)32(3)20-23-11-13-26(14-12-23)28-22-38-29(31-28)21-33(4)39(36,37)19-7-10-30(34)35;/h11-18,22,24H,5-10,19-21H2,1-4H3,(H,34,35);/q;+1/p-1. The summed E-state index contributed by atoms with van der Waals surface area (Å²) in [4.78, 5) is 17.4. The smallest absolute Gasteiger partial charge is 0.550 e. The minimum Gasteiger partial charge on any atom is -0.550 e. The van der Waals surface area contributed by atoms with Crippen molar-refractivity contribution in [2.24, 2.45) is 0 Å². The zero-order valence-electron chi connectivity index (χ0n) is 24.4. The summed E-state index contributed by atoms with van der Waals surface area (Å²) < 4.78 is 26.0. The molecule has 0 atom stereocenters. The molecule has 0 aliphatic rings. The Morgan fingerprint density at radius 1 is 0.975 bits per heavy atom. The van der Waals surface area contributed by atoms with Crippen LogP contribution in [-0.4, -0.2) is 43.5 Å². The van der Waals surface area contributed by atoms with Crippen LogP contribution in [0.4, 0.5) is 5.69 Å². The van der Waals surface area contributed by atoms with Gasteiger partial charge in [0.1, 0.15) is 5.01 Å². The van der Waals surface area contributed by atoms with Gasteiger partial charge in [-0.25, -0.2) is 13.4 Å². The van der Waals surface area contributed by atoms with E-state index in [1.165, 1.54) is 65.2 Å². The van der Waals surface area contributed by atoms with Crippen molar-refractivity contribution in [1.29, 1.82) is 0 Å². The number of aromatic nitrogens is 1. The normalized spacial score (nSPS) is 11.6. The van der Waals surface area contributed by atoms with Crippen molar-refractivity contribution >= 4 is 33.0 Å². The Labute approximate surface area is 266 Å². The third-order valence-corrected chi connectivity index (χ3v) is 9.63. The number of carbonyl (C=O) groups is 1. The molecule has 0 aliphatic heterocycles. The molecule has 212 valence electrons. The molecule has 0 saturated heterocycles. The quantitative estimate of drug-likeness (QED) is 0.237. The van der Waals surface area contributed by atoms with E-state index in [0.29, 0.717) is 10.9 Å². The molecular formula is C30H40N3NaO4S2. The van der Waals surface area contributed by atoms with Gasteiger partial charge in [0, 0.05) is 43.2 Å². The van der Waals surface area contributed by atoms with Gasteiger partial charge in [0.2, 0.25) is 10.0 Å². The number of carboxylic acids is 1. The number of carboxylic acid groups (broad SMARTS) is 1. The maximum Gasteiger partial charge on any atom is 1.00 e. The Morgan fingerprint density at radius 2 is 1.60 bits per heavy atom. The molecular weight excluding hydrogens is 553 g/mol. The fraction of sp³-hybridized carbons (Fsp3) is 0.467. The maximum absolute atomic E-state index is 12.4. The minimum absolute atomic E-state index is 0. The summed E-state index contributed by atoms with van der Waals surface area (Å²) in [6.07, 6.45) is 4.64. The second-order valence-electron chi connectivity index (χ2n) is 10.1. The van der Waals surface area contributed by atoms with Gasteiger partial charge < -0.3 is 14.8 Å². The predicted octanol–water partition coefficient (Wildman–Crippen LogP) is 2.43. The SMILES string of the molecule is CCCC(CCC)c1ccc(N(C)Cc2ccc(-c3csc(CN(C)S(=O)(=O)CCCC(=O)[O-])n3)cc2)cc1.[Na+]. The van der Waals surface area contributed by atoms with Gasteiger partial charge in [-0.2, -0.15) is 4.31 Å². The van der Waals surface area contributed by atoms with E-state index in [-0.39, 0.29) is 54.7 Å². The second-order valence-corrected chi connectivity index (χ2v) is 13.2. The number of hydrogen-bond acceptors (Lipinski definition) is 7. The number of anilines is 1. The van der Waals surface area contributed by atoms with E-state index < -0.39 is 16.0 Å². The van der Waals surface area contributed by atoms with Crippen molar-refractivity contribution in [3.8, 4) is 11.3 Å². The van der Waals surface area contributed by atoms with Crippen LogP contribution in [0.15, 0.2) is 53.9 Å². The van der Waals surface area contributed by atoms with Crippen molar-refractivity contribution in [3.05, 3.63) is 70.0 Å². The Kier molecular flexibility index (Phi) is 14.3. The van der Waals surface area contributed by atoms with E-state index in [4.69, 9.17) is 0 Å². The van der Waals surface area contributed by atoms with E-state index in [2.05, 4.69) is 67.2 Å². The van der Waals surface area contributed by atoms with Crippen LogP contribution in [-0.2, 0) is 27.9 Å². The number of aliphatic carboxylic acids is 1. The average molecular weight is 594 g/mol. The van der Waals surface area contributed by atoms with Crippen molar-refractivity contribution in [3.63, 3.8) is 0 Å². The number of benzene rings is 2. The van der Waals surface area contributed by atoms with Gasteiger partial charge in [0.05, 0.1) is 18.0 Å². The molecule has 3 rings (SSSR count). The number of thiazole rings is 1. The molecule has 40 heavy (non-hydrogen) atoms. The van der Waals surface area contributed by atoms with Gasteiger partial charge in [-0.1, -0.05) is 63.1 Å². The fourth-order valence-electron chi connectivity index (χ4n) is 4.68. The molecule has 0 N–H and O–H groups in total. The molecule has 0 fully saturated rings. The molecule has 0 spiro atoms. The first kappa shape index (κ1) is 34.5. The number of sulfonamides is 1. The molecule has 10 heteroatoms. The maximum atomic E-state index is 12.4. The summed E-state index contributed by atoms with van der Waals surface area (Å²) in [5.74, 6) is -0.829. The van der Waals surface area contributed by atoms with Crippen LogP contribution in [0.5, 0.6) is 0 Å². The number of rotatable bonds is 16. The molecule has 1 heterocycles. The second kappa shape index (κ2) is 16.6. The van der Waals surface area contributed by atoms with Crippen LogP contribution >= 0.6 is 11.3 Å². The van der Waals surface area contributed by atoms with Gasteiger partial charge in [-0.15, -0.1) is 11.3 Å². The van der Waals surface area contributed by atoms with Crippen LogP contribution in [0, 0.1) is 0 Å². The fourth-order valence-corrected chi connectivity index (χ4v) is 6.76. The van der Waals surface area contributed by atoms with Crippen LogP contribution in [0.2, 0.25) is 0 Å². The van der Waals surface area contributed by atoms with Crippen LogP contribution < -0.4 is 39.6 Å². The summed E-state index contributed by atoms with van der Waals surface area (Å²) in [7, 11) is 0.0368. The summed E-state index contributed by atoms with van der Waals surface area (Å²) >= 11 is 1.41. The zero-order valence-corrected chi connectivity index (χ0v) is 28.1. The van der Waals surface area contributed by atoms with Crippen LogP contribution in [0.25, 0.3) is 11.3 Å². The molecule has 0 saturated carbocycles. The molecule has 0 radical (unpaired) electrons.